The van der Waals surface area contributed by atoms with E-state index in [1.807, 2.05) is 0 Å². The van der Waals surface area contributed by atoms with Crippen LogP contribution in [0.5, 0.6) is 0 Å². The summed E-state index contributed by atoms with van der Waals surface area (Å²) in [6.45, 7) is 0. The quantitative estimate of drug-likeness (QED) is 0.644. The third-order valence-corrected chi connectivity index (χ3v) is 2.18. The van der Waals surface area contributed by atoms with Crippen molar-refractivity contribution in [3.8, 4) is 0 Å². The van der Waals surface area contributed by atoms with E-state index in [0.717, 1.165) is 28.5 Å². The van der Waals surface area contributed by atoms with Crippen molar-refractivity contribution in [1.82, 2.24) is 0 Å². The Balaban J connectivity index is 0.00000121. The predicted octanol–water partition coefficient (Wildman–Crippen LogP) is 2.46. The summed E-state index contributed by atoms with van der Waals surface area (Å²) in [5.74, 6) is 0. The van der Waals surface area contributed by atoms with Crippen LogP contribution in [0.3, 0.4) is 0 Å². The van der Waals surface area contributed by atoms with Crippen molar-refractivity contribution >= 4 is 21.1 Å². The van der Waals surface area contributed by atoms with E-state index in [1.54, 1.807) is 6.07 Å². The second kappa shape index (κ2) is 4.38. The zero-order chi connectivity index (χ0) is 8.48. The van der Waals surface area contributed by atoms with E-state index in [4.69, 9.17) is 0 Å². The summed E-state index contributed by atoms with van der Waals surface area (Å²) in [7, 11) is 0. The molecule has 1 rings (SSSR count). The Morgan fingerprint density at radius 3 is 2.08 bits per heavy atom. The molecule has 0 aromatic heterocycles. The molecule has 0 aliphatic carbocycles. The van der Waals surface area contributed by atoms with E-state index in [-0.39, 0.29) is 17.0 Å². The Morgan fingerprint density at radius 1 is 1.17 bits per heavy atom. The Bertz CT molecular complexity index is 259. The molecular weight excluding hydrogens is 286 g/mol. The molecule has 63 valence electrons. The number of hydrogen-bond acceptors (Lipinski definition) is 0. The summed E-state index contributed by atoms with van der Waals surface area (Å²) in [5, 5.41) is 0. The van der Waals surface area contributed by atoms with Gasteiger partial charge in [-0.25, -0.2) is 0 Å². The number of rotatable bonds is 0. The Labute approximate surface area is 88.6 Å². The van der Waals surface area contributed by atoms with Gasteiger partial charge in [0.2, 0.25) is 0 Å². The monoisotopic (exact) mass is 289 g/mol. The van der Waals surface area contributed by atoms with Crippen LogP contribution in [0.4, 0.5) is 13.2 Å². The summed E-state index contributed by atoms with van der Waals surface area (Å²) >= 11 is 0.754. The fourth-order valence-corrected chi connectivity index (χ4v) is 1.49. The van der Waals surface area contributed by atoms with E-state index in [2.05, 4.69) is 0 Å². The SMILES string of the molecule is Br.FC(F)(F)c1ccc[c]([Zn])c1. The van der Waals surface area contributed by atoms with Crippen LogP contribution in [0.15, 0.2) is 24.3 Å². The van der Waals surface area contributed by atoms with E-state index in [1.165, 1.54) is 12.1 Å². The van der Waals surface area contributed by atoms with Crippen molar-refractivity contribution in [2.45, 2.75) is 6.18 Å². The zero-order valence-electron chi connectivity index (χ0n) is 6.06. The fourth-order valence-electron chi connectivity index (χ4n) is 0.748. The summed E-state index contributed by atoms with van der Waals surface area (Å²) < 4.78 is 36.7. The first-order chi connectivity index (χ1) is 5.00. The van der Waals surface area contributed by atoms with Crippen LogP contribution in [-0.2, 0) is 24.5 Å². The molecule has 0 saturated carbocycles. The van der Waals surface area contributed by atoms with Gasteiger partial charge < -0.3 is 0 Å². The third-order valence-electron chi connectivity index (χ3n) is 1.25. The summed E-state index contributed by atoms with van der Waals surface area (Å²) in [4.78, 5) is 0. The molecule has 5 heteroatoms. The molecule has 0 aliphatic rings. The molecule has 1 aromatic carbocycles. The van der Waals surface area contributed by atoms with Gasteiger partial charge in [0.05, 0.1) is 0 Å². The van der Waals surface area contributed by atoms with Crippen LogP contribution in [0.1, 0.15) is 5.56 Å². The average molecular weight is 291 g/mol. The molecular formula is C7H5BrF3Zn. The van der Waals surface area contributed by atoms with Crippen molar-refractivity contribution in [2.24, 2.45) is 0 Å². The van der Waals surface area contributed by atoms with Crippen molar-refractivity contribution in [2.75, 3.05) is 0 Å². The van der Waals surface area contributed by atoms with Gasteiger partial charge in [0.15, 0.2) is 0 Å². The maximum atomic E-state index is 12.0. The number of hydrogen-bond donors (Lipinski definition) is 0. The van der Waals surface area contributed by atoms with Crippen LogP contribution in [0.2, 0.25) is 0 Å². The van der Waals surface area contributed by atoms with E-state index in [9.17, 15) is 13.2 Å². The summed E-state index contributed by atoms with van der Waals surface area (Å²) in [5.41, 5.74) is -0.554. The third kappa shape index (κ3) is 3.24. The van der Waals surface area contributed by atoms with Crippen LogP contribution >= 0.6 is 17.0 Å². The minimum atomic E-state index is -4.20. The first kappa shape index (κ1) is 12.1. The molecule has 0 radical (unpaired) electrons. The normalized spacial score (nSPS) is 10.8. The topological polar surface area (TPSA) is 0 Å². The van der Waals surface area contributed by atoms with E-state index in [0.29, 0.717) is 0 Å². The number of halogens is 4. The van der Waals surface area contributed by atoms with Crippen molar-refractivity contribution in [1.29, 1.82) is 0 Å². The fraction of sp³-hybridized carbons (Fsp3) is 0.143. The predicted molar refractivity (Wildman–Crippen MR) is 41.4 cm³/mol. The van der Waals surface area contributed by atoms with Gasteiger partial charge in [0.25, 0.3) is 0 Å². The Morgan fingerprint density at radius 2 is 1.75 bits per heavy atom. The first-order valence-electron chi connectivity index (χ1n) is 2.99. The number of alkyl halides is 3. The molecule has 0 aliphatic heterocycles. The molecule has 0 N–H and O–H groups in total. The maximum absolute atomic E-state index is 12.0. The molecule has 0 bridgehead atoms. The zero-order valence-corrected chi connectivity index (χ0v) is 10.7. The molecule has 0 nitrogen and oxygen atoms in total. The van der Waals surface area contributed by atoms with E-state index < -0.39 is 11.7 Å². The van der Waals surface area contributed by atoms with Gasteiger partial charge >= 0.3 is 71.6 Å². The summed E-state index contributed by atoms with van der Waals surface area (Å²) in [6.07, 6.45) is -4.20. The van der Waals surface area contributed by atoms with Crippen molar-refractivity contribution in [3.05, 3.63) is 29.8 Å². The minimum absolute atomic E-state index is 0. The van der Waals surface area contributed by atoms with Gasteiger partial charge in [-0.3, -0.25) is 0 Å². The summed E-state index contributed by atoms with van der Waals surface area (Å²) in [6, 6.07) is 5.38. The van der Waals surface area contributed by atoms with Crippen LogP contribution in [-0.4, -0.2) is 0 Å². The van der Waals surface area contributed by atoms with Crippen LogP contribution in [0.25, 0.3) is 0 Å². The molecule has 0 fully saturated rings. The molecule has 0 atom stereocenters. The van der Waals surface area contributed by atoms with Gasteiger partial charge in [0, 0.05) is 0 Å². The molecule has 0 unspecified atom stereocenters. The van der Waals surface area contributed by atoms with Gasteiger partial charge in [-0.05, 0) is 0 Å². The first-order valence-corrected chi connectivity index (χ1v) is 4.48. The van der Waals surface area contributed by atoms with E-state index >= 15 is 0 Å². The van der Waals surface area contributed by atoms with Gasteiger partial charge in [-0.15, -0.1) is 17.0 Å². The Hall–Kier alpha value is 0.113. The Kier molecular flexibility index (Phi) is 4.42. The van der Waals surface area contributed by atoms with Gasteiger partial charge in [-0.2, -0.15) is 0 Å². The molecule has 0 heterocycles. The average Bonchev–Trinajstić information content (AvgIpc) is 1.86. The molecule has 0 amide bonds. The van der Waals surface area contributed by atoms with Crippen LogP contribution in [0, 0.1) is 0 Å². The van der Waals surface area contributed by atoms with Crippen LogP contribution < -0.4 is 4.16 Å². The molecule has 0 saturated heterocycles. The second-order valence-corrected chi connectivity index (χ2v) is 3.91. The van der Waals surface area contributed by atoms with Crippen molar-refractivity contribution in [3.63, 3.8) is 0 Å². The van der Waals surface area contributed by atoms with Gasteiger partial charge in [-0.1, -0.05) is 0 Å². The van der Waals surface area contributed by atoms with Crippen molar-refractivity contribution < 1.29 is 31.5 Å². The molecule has 12 heavy (non-hydrogen) atoms. The second-order valence-electron chi connectivity index (χ2n) is 2.20. The number of benzene rings is 1. The molecule has 0 spiro atoms. The molecule has 1 aromatic rings. The van der Waals surface area contributed by atoms with Gasteiger partial charge in [0.1, 0.15) is 0 Å². The standard InChI is InChI=1S/C7H4F3.BrH.Zn/c8-7(9,10)6-4-2-1-3-5-6;;/h1-2,4-5H;1H;.